The number of halogens is 2. The number of para-hydroxylation sites is 1. The molecule has 1 saturated heterocycles. The average Bonchev–Trinajstić information content (AvgIpc) is 2.83. The van der Waals surface area contributed by atoms with Crippen LogP contribution in [-0.2, 0) is 11.3 Å². The van der Waals surface area contributed by atoms with Crippen LogP contribution in [0.2, 0.25) is 10.0 Å². The van der Waals surface area contributed by atoms with Crippen LogP contribution < -0.4 is 4.74 Å². The van der Waals surface area contributed by atoms with E-state index in [0.717, 1.165) is 16.6 Å². The van der Waals surface area contributed by atoms with Crippen molar-refractivity contribution in [1.82, 2.24) is 14.8 Å². The van der Waals surface area contributed by atoms with E-state index in [0.29, 0.717) is 48.1 Å². The lowest BCUT2D eigenvalue weighted by molar-refractivity contribution is 0.0141. The Hall–Kier alpha value is -3.03. The first-order chi connectivity index (χ1) is 17.0. The number of rotatable bonds is 4. The summed E-state index contributed by atoms with van der Waals surface area (Å²) in [5, 5.41) is 1.63. The Morgan fingerprint density at radius 1 is 0.972 bits per heavy atom. The van der Waals surface area contributed by atoms with Gasteiger partial charge in [-0.05, 0) is 52.0 Å². The van der Waals surface area contributed by atoms with Crippen molar-refractivity contribution in [3.63, 3.8) is 0 Å². The predicted octanol–water partition coefficient (Wildman–Crippen LogP) is 6.12. The molecular weight excluding hydrogens is 501 g/mol. The Morgan fingerprint density at radius 2 is 1.67 bits per heavy atom. The summed E-state index contributed by atoms with van der Waals surface area (Å²) in [6.07, 6.45) is -0.378. The monoisotopic (exact) mass is 529 g/mol. The van der Waals surface area contributed by atoms with Crippen LogP contribution in [0.15, 0.2) is 42.5 Å². The van der Waals surface area contributed by atoms with Gasteiger partial charge < -0.3 is 19.3 Å². The Balaban J connectivity index is 1.47. The van der Waals surface area contributed by atoms with Crippen molar-refractivity contribution < 1.29 is 19.1 Å². The molecule has 0 unspecified atom stereocenters. The number of carbonyl (C=O) groups excluding carboxylic acids is 2. The van der Waals surface area contributed by atoms with Gasteiger partial charge in [0.1, 0.15) is 23.5 Å². The van der Waals surface area contributed by atoms with E-state index in [-0.39, 0.29) is 23.6 Å². The van der Waals surface area contributed by atoms with Crippen LogP contribution in [0.5, 0.6) is 5.75 Å². The molecule has 1 aromatic heterocycles. The quantitative estimate of drug-likeness (QED) is 0.406. The lowest BCUT2D eigenvalue weighted by atomic mass is 10.1. The summed E-state index contributed by atoms with van der Waals surface area (Å²) in [5.74, 6) is 0.391. The number of carbonyl (C=O) groups is 2. The molecule has 0 spiro atoms. The number of pyridine rings is 1. The van der Waals surface area contributed by atoms with Crippen molar-refractivity contribution in [3.05, 3.63) is 69.3 Å². The van der Waals surface area contributed by atoms with E-state index in [1.54, 1.807) is 21.9 Å². The fraction of sp³-hybridized carbons (Fsp3) is 0.370. The minimum absolute atomic E-state index is 0.0833. The minimum atomic E-state index is -0.569. The minimum Gasteiger partial charge on any atom is -0.487 e. The fourth-order valence-corrected chi connectivity index (χ4v) is 4.53. The summed E-state index contributed by atoms with van der Waals surface area (Å²) in [6.45, 7) is 9.01. The van der Waals surface area contributed by atoms with Gasteiger partial charge >= 0.3 is 6.09 Å². The molecule has 9 heteroatoms. The van der Waals surface area contributed by atoms with Crippen molar-refractivity contribution in [1.29, 1.82) is 0 Å². The topological polar surface area (TPSA) is 72.0 Å². The Kier molecular flexibility index (Phi) is 7.62. The van der Waals surface area contributed by atoms with E-state index in [2.05, 4.69) is 4.98 Å². The molecule has 4 rings (SSSR count). The van der Waals surface area contributed by atoms with Crippen molar-refractivity contribution >= 4 is 46.1 Å². The molecule has 1 aliphatic heterocycles. The molecule has 0 atom stereocenters. The summed E-state index contributed by atoms with van der Waals surface area (Å²) in [5.41, 5.74) is 1.94. The maximum atomic E-state index is 13.3. The second kappa shape index (κ2) is 10.5. The molecule has 0 N–H and O–H groups in total. The molecule has 0 saturated carbocycles. The summed E-state index contributed by atoms with van der Waals surface area (Å²) < 4.78 is 11.5. The highest BCUT2D eigenvalue weighted by atomic mass is 35.5. The molecule has 0 bridgehead atoms. The van der Waals surface area contributed by atoms with Gasteiger partial charge in [-0.1, -0.05) is 41.4 Å². The molecule has 190 valence electrons. The zero-order valence-electron chi connectivity index (χ0n) is 20.8. The number of benzene rings is 2. The Morgan fingerprint density at radius 3 is 2.36 bits per heavy atom. The summed E-state index contributed by atoms with van der Waals surface area (Å²) >= 11 is 13.1. The highest BCUT2D eigenvalue weighted by Gasteiger charge is 2.29. The van der Waals surface area contributed by atoms with Gasteiger partial charge in [-0.3, -0.25) is 4.79 Å². The van der Waals surface area contributed by atoms with Crippen molar-refractivity contribution in [2.45, 2.75) is 39.9 Å². The number of ether oxygens (including phenoxy) is 2. The lowest BCUT2D eigenvalue weighted by Crippen LogP contribution is -2.51. The molecule has 0 aliphatic carbocycles. The smallest absolute Gasteiger partial charge is 0.410 e. The number of amides is 2. The maximum Gasteiger partial charge on any atom is 0.410 e. The SMILES string of the molecule is Cc1ccc2cccc(OCc3c(Cl)ccc(C(=O)N4CCN(C(=O)OC(C)(C)C)CC4)c3Cl)c2n1. The third-order valence-electron chi connectivity index (χ3n) is 5.83. The number of fused-ring (bicyclic) bond motifs is 1. The van der Waals surface area contributed by atoms with Crippen LogP contribution in [-0.4, -0.2) is 58.6 Å². The fourth-order valence-electron chi connectivity index (χ4n) is 3.97. The zero-order chi connectivity index (χ0) is 26.0. The van der Waals surface area contributed by atoms with E-state index >= 15 is 0 Å². The van der Waals surface area contributed by atoms with Gasteiger partial charge in [0.15, 0.2) is 0 Å². The van der Waals surface area contributed by atoms with Gasteiger partial charge in [0, 0.05) is 47.8 Å². The van der Waals surface area contributed by atoms with Crippen LogP contribution in [0.25, 0.3) is 10.9 Å². The first-order valence-electron chi connectivity index (χ1n) is 11.8. The molecule has 1 fully saturated rings. The Labute approximate surface area is 220 Å². The molecule has 2 aromatic carbocycles. The predicted molar refractivity (Wildman–Crippen MR) is 141 cm³/mol. The second-order valence-corrected chi connectivity index (χ2v) is 10.5. The second-order valence-electron chi connectivity index (χ2n) is 9.72. The number of nitrogens with zero attached hydrogens (tertiary/aromatic N) is 3. The van der Waals surface area contributed by atoms with E-state index < -0.39 is 5.60 Å². The van der Waals surface area contributed by atoms with Crippen molar-refractivity contribution in [2.24, 2.45) is 0 Å². The van der Waals surface area contributed by atoms with Crippen molar-refractivity contribution in [2.75, 3.05) is 26.2 Å². The molecule has 36 heavy (non-hydrogen) atoms. The first kappa shape index (κ1) is 26.0. The number of hydrogen-bond acceptors (Lipinski definition) is 5. The van der Waals surface area contributed by atoms with Gasteiger partial charge in [-0.2, -0.15) is 0 Å². The van der Waals surface area contributed by atoms with Crippen LogP contribution in [0.1, 0.15) is 42.4 Å². The van der Waals surface area contributed by atoms with Crippen LogP contribution >= 0.6 is 23.2 Å². The number of aryl methyl sites for hydroxylation is 1. The Bertz CT molecular complexity index is 1300. The zero-order valence-corrected chi connectivity index (χ0v) is 22.3. The highest BCUT2D eigenvalue weighted by molar-refractivity contribution is 6.38. The summed E-state index contributed by atoms with van der Waals surface area (Å²) in [4.78, 5) is 33.5. The van der Waals surface area contributed by atoms with Gasteiger partial charge in [0.25, 0.3) is 5.91 Å². The maximum absolute atomic E-state index is 13.3. The standard InChI is InChI=1S/C27H29Cl2N3O4/c1-17-8-9-18-6-5-7-22(24(18)30-17)35-16-20-21(28)11-10-19(23(20)29)25(33)31-12-14-32(15-13-31)26(34)36-27(2,3)4/h5-11H,12-16H2,1-4H3. The van der Waals surface area contributed by atoms with Gasteiger partial charge in [0.05, 0.1) is 10.6 Å². The van der Waals surface area contributed by atoms with Crippen LogP contribution in [0.4, 0.5) is 4.79 Å². The van der Waals surface area contributed by atoms with E-state index in [1.807, 2.05) is 58.0 Å². The summed E-state index contributed by atoms with van der Waals surface area (Å²) in [6, 6.07) is 12.9. The molecule has 2 heterocycles. The molecule has 2 amide bonds. The van der Waals surface area contributed by atoms with Crippen LogP contribution in [0, 0.1) is 6.92 Å². The van der Waals surface area contributed by atoms with Gasteiger partial charge in [0.2, 0.25) is 0 Å². The lowest BCUT2D eigenvalue weighted by Gasteiger charge is -2.35. The number of aromatic nitrogens is 1. The highest BCUT2D eigenvalue weighted by Crippen LogP contribution is 2.32. The molecule has 7 nitrogen and oxygen atoms in total. The third kappa shape index (κ3) is 5.85. The normalized spacial score (nSPS) is 14.2. The number of piperazine rings is 1. The molecule has 0 radical (unpaired) electrons. The summed E-state index contributed by atoms with van der Waals surface area (Å²) in [7, 11) is 0. The van der Waals surface area contributed by atoms with Gasteiger partial charge in [-0.15, -0.1) is 0 Å². The largest absolute Gasteiger partial charge is 0.487 e. The first-order valence-corrected chi connectivity index (χ1v) is 12.5. The van der Waals surface area contributed by atoms with E-state index in [1.165, 1.54) is 0 Å². The van der Waals surface area contributed by atoms with E-state index in [4.69, 9.17) is 32.7 Å². The third-order valence-corrected chi connectivity index (χ3v) is 6.62. The number of hydrogen-bond donors (Lipinski definition) is 0. The molecule has 3 aromatic rings. The average molecular weight is 530 g/mol. The van der Waals surface area contributed by atoms with Crippen LogP contribution in [0.3, 0.4) is 0 Å². The van der Waals surface area contributed by atoms with Gasteiger partial charge in [-0.25, -0.2) is 9.78 Å². The van der Waals surface area contributed by atoms with E-state index in [9.17, 15) is 9.59 Å². The van der Waals surface area contributed by atoms with Crippen molar-refractivity contribution in [3.8, 4) is 5.75 Å². The molecular formula is C27H29Cl2N3O4. The molecule has 1 aliphatic rings.